The first-order chi connectivity index (χ1) is 19.1. The van der Waals surface area contributed by atoms with Gasteiger partial charge in [-0.25, -0.2) is 0 Å². The molecule has 2 aliphatic rings. The Bertz CT molecular complexity index is 1640. The van der Waals surface area contributed by atoms with Gasteiger partial charge in [-0.1, -0.05) is 32.9 Å². The van der Waals surface area contributed by atoms with Crippen molar-refractivity contribution < 1.29 is 0 Å². The van der Waals surface area contributed by atoms with Crippen LogP contribution in [-0.2, 0) is 0 Å². The van der Waals surface area contributed by atoms with E-state index in [9.17, 15) is 15.8 Å². The molecule has 9 heteroatoms. The molecule has 202 valence electrons. The van der Waals surface area contributed by atoms with Gasteiger partial charge in [0.25, 0.3) is 0 Å². The van der Waals surface area contributed by atoms with Gasteiger partial charge in [-0.05, 0) is 61.4 Å². The number of nitrogens with one attached hydrogen (secondary N) is 4. The normalized spacial score (nSPS) is 16.2. The zero-order chi connectivity index (χ0) is 28.7. The SMILES string of the molecule is Cc1c(C#N)cccc1[C@H](Nc1cc(C#N)c2ncc(C#N)c(NCC(C)(C)C)c2c1)C1=CN(C2(C)CC2)NN1. The highest BCUT2D eigenvalue weighted by Gasteiger charge is 2.44. The fourth-order valence-electron chi connectivity index (χ4n) is 4.86. The minimum absolute atomic E-state index is 0.0255. The number of rotatable bonds is 7. The summed E-state index contributed by atoms with van der Waals surface area (Å²) in [6, 6.07) is 15.9. The molecule has 1 aliphatic carbocycles. The molecule has 1 fully saturated rings. The molecular weight excluding hydrogens is 498 g/mol. The lowest BCUT2D eigenvalue weighted by molar-refractivity contribution is 0.190. The number of aromatic nitrogens is 1. The lowest BCUT2D eigenvalue weighted by Gasteiger charge is -2.24. The maximum absolute atomic E-state index is 10.1. The zero-order valence-corrected chi connectivity index (χ0v) is 23.5. The molecule has 0 saturated heterocycles. The Morgan fingerprint density at radius 3 is 2.45 bits per heavy atom. The molecule has 2 aromatic carbocycles. The minimum Gasteiger partial charge on any atom is -0.383 e. The molecule has 5 rings (SSSR count). The highest BCUT2D eigenvalue weighted by Crippen LogP contribution is 2.42. The summed E-state index contributed by atoms with van der Waals surface area (Å²) in [5, 5.41) is 39.5. The van der Waals surface area contributed by atoms with Crippen LogP contribution in [0.2, 0.25) is 0 Å². The number of benzene rings is 2. The molecule has 0 spiro atoms. The Morgan fingerprint density at radius 1 is 1.07 bits per heavy atom. The van der Waals surface area contributed by atoms with Gasteiger partial charge in [0.1, 0.15) is 12.1 Å². The second-order valence-electron chi connectivity index (χ2n) is 12.0. The Labute approximate surface area is 235 Å². The summed E-state index contributed by atoms with van der Waals surface area (Å²) in [4.78, 5) is 4.48. The Morgan fingerprint density at radius 2 is 1.80 bits per heavy atom. The number of pyridine rings is 1. The summed E-state index contributed by atoms with van der Waals surface area (Å²) in [6.07, 6.45) is 5.79. The largest absolute Gasteiger partial charge is 0.383 e. The predicted molar refractivity (Wildman–Crippen MR) is 155 cm³/mol. The van der Waals surface area contributed by atoms with Crippen LogP contribution in [0.3, 0.4) is 0 Å². The summed E-state index contributed by atoms with van der Waals surface area (Å²) in [6.45, 7) is 11.2. The van der Waals surface area contributed by atoms with Crippen LogP contribution >= 0.6 is 0 Å². The number of nitriles is 3. The van der Waals surface area contributed by atoms with Crippen LogP contribution in [0.4, 0.5) is 11.4 Å². The molecule has 4 N–H and O–H groups in total. The van der Waals surface area contributed by atoms with Crippen LogP contribution < -0.4 is 21.6 Å². The third-order valence-electron chi connectivity index (χ3n) is 7.58. The first kappa shape index (κ1) is 26.8. The van der Waals surface area contributed by atoms with E-state index in [0.717, 1.165) is 29.7 Å². The summed E-state index contributed by atoms with van der Waals surface area (Å²) in [5.74, 6) is 0. The second-order valence-corrected chi connectivity index (χ2v) is 12.0. The lowest BCUT2D eigenvalue weighted by atomic mass is 9.94. The van der Waals surface area contributed by atoms with Crippen LogP contribution in [0, 0.1) is 46.3 Å². The summed E-state index contributed by atoms with van der Waals surface area (Å²) >= 11 is 0. The molecule has 0 unspecified atom stereocenters. The number of anilines is 2. The number of nitrogens with zero attached hydrogens (tertiary/aromatic N) is 5. The number of fused-ring (bicyclic) bond motifs is 1. The number of hydrazine groups is 2. The molecule has 1 atom stereocenters. The molecule has 1 aromatic heterocycles. The minimum atomic E-state index is -0.352. The lowest BCUT2D eigenvalue weighted by Crippen LogP contribution is -2.43. The predicted octanol–water partition coefficient (Wildman–Crippen LogP) is 5.49. The Kier molecular flexibility index (Phi) is 6.75. The van der Waals surface area contributed by atoms with Crippen molar-refractivity contribution in [2.24, 2.45) is 5.41 Å². The van der Waals surface area contributed by atoms with Gasteiger partial charge in [-0.15, -0.1) is 5.53 Å². The topological polar surface area (TPSA) is 136 Å². The van der Waals surface area contributed by atoms with E-state index in [1.807, 2.05) is 31.2 Å². The molecule has 0 amide bonds. The quantitative estimate of drug-likeness (QED) is 0.312. The van der Waals surface area contributed by atoms with E-state index in [1.165, 1.54) is 6.20 Å². The van der Waals surface area contributed by atoms with Crippen molar-refractivity contribution in [3.05, 3.63) is 76.2 Å². The zero-order valence-electron chi connectivity index (χ0n) is 23.5. The van der Waals surface area contributed by atoms with Crippen molar-refractivity contribution in [3.63, 3.8) is 0 Å². The molecule has 9 nitrogen and oxygen atoms in total. The smallest absolute Gasteiger partial charge is 0.103 e. The van der Waals surface area contributed by atoms with E-state index in [0.29, 0.717) is 45.5 Å². The van der Waals surface area contributed by atoms with Gasteiger partial charge >= 0.3 is 0 Å². The molecule has 0 bridgehead atoms. The second kappa shape index (κ2) is 10.1. The maximum atomic E-state index is 10.1. The molecule has 3 aromatic rings. The van der Waals surface area contributed by atoms with Crippen LogP contribution in [0.1, 0.15) is 74.4 Å². The Hall–Kier alpha value is -4.78. The van der Waals surface area contributed by atoms with Gasteiger partial charge in [0.05, 0.1) is 51.2 Å². The van der Waals surface area contributed by atoms with E-state index in [4.69, 9.17) is 0 Å². The van der Waals surface area contributed by atoms with Crippen molar-refractivity contribution in [2.75, 3.05) is 17.2 Å². The fraction of sp³-hybridized carbons (Fsp3) is 0.355. The van der Waals surface area contributed by atoms with E-state index in [1.54, 1.807) is 6.07 Å². The van der Waals surface area contributed by atoms with Crippen LogP contribution in [-0.4, -0.2) is 22.1 Å². The van der Waals surface area contributed by atoms with Crippen molar-refractivity contribution in [1.29, 1.82) is 15.8 Å². The molecular formula is C31H33N9. The van der Waals surface area contributed by atoms with E-state index >= 15 is 0 Å². The highest BCUT2D eigenvalue weighted by atomic mass is 15.7. The maximum Gasteiger partial charge on any atom is 0.103 e. The molecule has 0 radical (unpaired) electrons. The average molecular weight is 532 g/mol. The van der Waals surface area contributed by atoms with E-state index < -0.39 is 0 Å². The fourth-order valence-corrected chi connectivity index (χ4v) is 4.86. The van der Waals surface area contributed by atoms with Crippen molar-refractivity contribution in [2.45, 2.75) is 59.0 Å². The first-order valence-electron chi connectivity index (χ1n) is 13.4. The molecule has 1 aliphatic heterocycles. The summed E-state index contributed by atoms with van der Waals surface area (Å²) in [7, 11) is 0. The van der Waals surface area contributed by atoms with Gasteiger partial charge < -0.3 is 16.1 Å². The monoisotopic (exact) mass is 531 g/mol. The van der Waals surface area contributed by atoms with Crippen molar-refractivity contribution in [1.82, 2.24) is 21.0 Å². The average Bonchev–Trinajstić information content (AvgIpc) is 3.48. The molecule has 2 heterocycles. The van der Waals surface area contributed by atoms with Crippen LogP contribution in [0.15, 0.2) is 48.4 Å². The van der Waals surface area contributed by atoms with Gasteiger partial charge in [-0.3, -0.25) is 9.99 Å². The summed E-state index contributed by atoms with van der Waals surface area (Å²) in [5.41, 5.74) is 12.7. The number of hydrogen-bond donors (Lipinski definition) is 4. The first-order valence-corrected chi connectivity index (χ1v) is 13.4. The highest BCUT2D eigenvalue weighted by molar-refractivity contribution is 5.99. The van der Waals surface area contributed by atoms with Crippen LogP contribution in [0.5, 0.6) is 0 Å². The standard InChI is InChI=1S/C31H33N9/c1-19-20(13-32)7-6-8-24(19)29(26-17-40(39-38-26)31(5)9-10-31)37-23-11-21(14-33)27-25(12-23)28(22(15-34)16-35-27)36-18-30(2,3)4/h6-8,11-12,16-17,29,37-39H,9-10,18H2,1-5H3,(H,35,36)/t29-/m0/s1. The third-order valence-corrected chi connectivity index (χ3v) is 7.58. The van der Waals surface area contributed by atoms with Crippen LogP contribution in [0.25, 0.3) is 10.9 Å². The van der Waals surface area contributed by atoms with E-state index in [-0.39, 0.29) is 17.0 Å². The number of hydrogen-bond acceptors (Lipinski definition) is 9. The van der Waals surface area contributed by atoms with Gasteiger partial charge in [0.2, 0.25) is 0 Å². The van der Waals surface area contributed by atoms with Gasteiger partial charge in [0, 0.05) is 30.0 Å². The van der Waals surface area contributed by atoms with E-state index in [2.05, 4.69) is 83.7 Å². The molecule has 1 saturated carbocycles. The van der Waals surface area contributed by atoms with Crippen molar-refractivity contribution >= 4 is 22.3 Å². The Balaban J connectivity index is 1.63. The van der Waals surface area contributed by atoms with Gasteiger partial charge in [0.15, 0.2) is 0 Å². The molecule has 40 heavy (non-hydrogen) atoms. The summed E-state index contributed by atoms with van der Waals surface area (Å²) < 4.78 is 0. The third kappa shape index (κ3) is 5.10. The van der Waals surface area contributed by atoms with Gasteiger partial charge in [-0.2, -0.15) is 15.8 Å². The van der Waals surface area contributed by atoms with Crippen molar-refractivity contribution in [3.8, 4) is 18.2 Å².